The highest BCUT2D eigenvalue weighted by molar-refractivity contribution is 5.84. The van der Waals surface area contributed by atoms with Crippen molar-refractivity contribution in [2.24, 2.45) is 0 Å². The Morgan fingerprint density at radius 2 is 2.04 bits per heavy atom. The number of hydrogen-bond donors (Lipinski definition) is 1. The van der Waals surface area contributed by atoms with Crippen LogP contribution in [0.15, 0.2) is 36.4 Å². The van der Waals surface area contributed by atoms with Crippen LogP contribution in [0.3, 0.4) is 0 Å². The molecular formula is C20H24N2O3. The van der Waals surface area contributed by atoms with Gasteiger partial charge in [-0.15, -0.1) is 0 Å². The Kier molecular flexibility index (Phi) is 4.59. The van der Waals surface area contributed by atoms with Gasteiger partial charge in [0, 0.05) is 19.1 Å². The van der Waals surface area contributed by atoms with Crippen LogP contribution in [0.2, 0.25) is 0 Å². The van der Waals surface area contributed by atoms with E-state index in [-0.39, 0.29) is 12.0 Å². The van der Waals surface area contributed by atoms with Crippen molar-refractivity contribution >= 4 is 16.7 Å². The fourth-order valence-corrected chi connectivity index (χ4v) is 3.32. The molecule has 2 fully saturated rings. The molecule has 0 radical (unpaired) electrons. The summed E-state index contributed by atoms with van der Waals surface area (Å²) in [6, 6.07) is 12.9. The Morgan fingerprint density at radius 3 is 2.84 bits per heavy atom. The van der Waals surface area contributed by atoms with Crippen LogP contribution in [0.4, 0.5) is 0 Å². The molecular weight excluding hydrogens is 316 g/mol. The standard InChI is InChI=1S/C20H24N2O3/c1-24-18-7-4-14-10-16(3-2-15(14)11-18)19-12-22(8-9-25-19)13-20(23)21-17-5-6-17/h2-4,7,10-11,17,19H,5-6,8-9,12-13H2,1H3,(H,21,23)/t19-/m1/s1. The maximum Gasteiger partial charge on any atom is 0.234 e. The van der Waals surface area contributed by atoms with Crippen LogP contribution in [0.1, 0.15) is 24.5 Å². The number of carbonyl (C=O) groups excluding carboxylic acids is 1. The molecule has 2 aromatic rings. The van der Waals surface area contributed by atoms with E-state index in [1.807, 2.05) is 12.1 Å². The Bertz CT molecular complexity index is 773. The molecule has 5 heteroatoms. The summed E-state index contributed by atoms with van der Waals surface area (Å²) in [5, 5.41) is 5.38. The van der Waals surface area contributed by atoms with Crippen LogP contribution in [-0.4, -0.2) is 50.2 Å². The maximum atomic E-state index is 12.0. The molecule has 0 unspecified atom stereocenters. The van der Waals surface area contributed by atoms with Gasteiger partial charge in [0.1, 0.15) is 5.75 Å². The first-order valence-corrected chi connectivity index (χ1v) is 8.92. The van der Waals surface area contributed by atoms with E-state index in [1.54, 1.807) is 7.11 Å². The van der Waals surface area contributed by atoms with Gasteiger partial charge < -0.3 is 14.8 Å². The van der Waals surface area contributed by atoms with E-state index in [0.29, 0.717) is 19.2 Å². The molecule has 1 amide bonds. The lowest BCUT2D eigenvalue weighted by atomic mass is 10.0. The molecule has 1 atom stereocenters. The summed E-state index contributed by atoms with van der Waals surface area (Å²) < 4.78 is 11.2. The van der Waals surface area contributed by atoms with Crippen LogP contribution >= 0.6 is 0 Å². The highest BCUT2D eigenvalue weighted by atomic mass is 16.5. The summed E-state index contributed by atoms with van der Waals surface area (Å²) in [6.45, 7) is 2.67. The molecule has 0 spiro atoms. The zero-order chi connectivity index (χ0) is 17.2. The minimum Gasteiger partial charge on any atom is -0.497 e. The number of rotatable bonds is 5. The Balaban J connectivity index is 1.44. The van der Waals surface area contributed by atoms with E-state index >= 15 is 0 Å². The number of nitrogens with one attached hydrogen (secondary N) is 1. The van der Waals surface area contributed by atoms with E-state index in [2.05, 4.69) is 34.5 Å². The molecule has 5 nitrogen and oxygen atoms in total. The average Bonchev–Trinajstić information content (AvgIpc) is 3.44. The minimum atomic E-state index is 0.00831. The SMILES string of the molecule is COc1ccc2cc([C@H]3CN(CC(=O)NC4CC4)CCO3)ccc2c1. The average molecular weight is 340 g/mol. The monoisotopic (exact) mass is 340 g/mol. The first kappa shape index (κ1) is 16.4. The lowest BCUT2D eigenvalue weighted by molar-refractivity contribution is -0.124. The van der Waals surface area contributed by atoms with Crippen molar-refractivity contribution < 1.29 is 14.3 Å². The van der Waals surface area contributed by atoms with E-state index < -0.39 is 0 Å². The van der Waals surface area contributed by atoms with Crippen molar-refractivity contribution in [2.45, 2.75) is 25.0 Å². The number of fused-ring (bicyclic) bond motifs is 1. The third-order valence-corrected chi connectivity index (χ3v) is 4.90. The molecule has 2 aliphatic rings. The number of hydrogen-bond acceptors (Lipinski definition) is 4. The van der Waals surface area contributed by atoms with Crippen molar-refractivity contribution in [1.29, 1.82) is 0 Å². The maximum absolute atomic E-state index is 12.0. The third-order valence-electron chi connectivity index (χ3n) is 4.90. The molecule has 132 valence electrons. The molecule has 1 saturated heterocycles. The Morgan fingerprint density at radius 1 is 1.24 bits per heavy atom. The Hall–Kier alpha value is -2.11. The van der Waals surface area contributed by atoms with E-state index in [4.69, 9.17) is 9.47 Å². The van der Waals surface area contributed by atoms with Gasteiger partial charge in [0.05, 0.1) is 26.4 Å². The van der Waals surface area contributed by atoms with Gasteiger partial charge >= 0.3 is 0 Å². The van der Waals surface area contributed by atoms with Crippen LogP contribution in [0, 0.1) is 0 Å². The summed E-state index contributed by atoms with van der Waals surface area (Å²) in [6.07, 6.45) is 2.26. The predicted octanol–water partition coefficient (Wildman–Crippen LogP) is 2.50. The van der Waals surface area contributed by atoms with Gasteiger partial charge in [-0.1, -0.05) is 18.2 Å². The number of carbonyl (C=O) groups is 1. The largest absolute Gasteiger partial charge is 0.497 e. The van der Waals surface area contributed by atoms with Gasteiger partial charge in [-0.2, -0.15) is 0 Å². The lowest BCUT2D eigenvalue weighted by Gasteiger charge is -2.32. The molecule has 4 rings (SSSR count). The molecule has 2 aromatic carbocycles. The summed E-state index contributed by atoms with van der Waals surface area (Å²) >= 11 is 0. The fraction of sp³-hybridized carbons (Fsp3) is 0.450. The Labute approximate surface area is 147 Å². The van der Waals surface area contributed by atoms with Gasteiger partial charge in [0.15, 0.2) is 0 Å². The zero-order valence-corrected chi connectivity index (χ0v) is 14.5. The lowest BCUT2D eigenvalue weighted by Crippen LogP contribution is -2.44. The summed E-state index contributed by atoms with van der Waals surface area (Å²) in [4.78, 5) is 14.2. The van der Waals surface area contributed by atoms with E-state index in [0.717, 1.165) is 42.6 Å². The molecule has 25 heavy (non-hydrogen) atoms. The van der Waals surface area contributed by atoms with E-state index in [9.17, 15) is 4.79 Å². The topological polar surface area (TPSA) is 50.8 Å². The number of amides is 1. The van der Waals surface area contributed by atoms with Crippen molar-refractivity contribution in [2.75, 3.05) is 33.4 Å². The molecule has 1 aliphatic carbocycles. The highest BCUT2D eigenvalue weighted by Gasteiger charge is 2.27. The summed E-state index contributed by atoms with van der Waals surface area (Å²) in [7, 11) is 1.68. The van der Waals surface area contributed by atoms with Gasteiger partial charge in [-0.3, -0.25) is 9.69 Å². The summed E-state index contributed by atoms with van der Waals surface area (Å²) in [5.74, 6) is 0.996. The van der Waals surface area contributed by atoms with E-state index in [1.165, 1.54) is 5.39 Å². The van der Waals surface area contributed by atoms with Gasteiger partial charge in [0.2, 0.25) is 5.91 Å². The highest BCUT2D eigenvalue weighted by Crippen LogP contribution is 2.28. The minimum absolute atomic E-state index is 0.00831. The number of methoxy groups -OCH3 is 1. The third kappa shape index (κ3) is 3.94. The molecule has 1 aliphatic heterocycles. The molecule has 0 aromatic heterocycles. The normalized spacial score (nSPS) is 21.2. The number of ether oxygens (including phenoxy) is 2. The zero-order valence-electron chi connectivity index (χ0n) is 14.5. The molecule has 1 heterocycles. The van der Waals surface area contributed by atoms with Crippen molar-refractivity contribution in [3.8, 4) is 5.75 Å². The van der Waals surface area contributed by atoms with Crippen molar-refractivity contribution in [1.82, 2.24) is 10.2 Å². The van der Waals surface area contributed by atoms with Crippen LogP contribution < -0.4 is 10.1 Å². The van der Waals surface area contributed by atoms with Gasteiger partial charge in [-0.25, -0.2) is 0 Å². The second-order valence-electron chi connectivity index (χ2n) is 6.91. The summed E-state index contributed by atoms with van der Waals surface area (Å²) in [5.41, 5.74) is 1.16. The van der Waals surface area contributed by atoms with Crippen molar-refractivity contribution in [3.63, 3.8) is 0 Å². The fourth-order valence-electron chi connectivity index (χ4n) is 3.32. The quantitative estimate of drug-likeness (QED) is 0.909. The van der Waals surface area contributed by atoms with Crippen LogP contribution in [-0.2, 0) is 9.53 Å². The molecule has 1 saturated carbocycles. The van der Waals surface area contributed by atoms with Crippen LogP contribution in [0.5, 0.6) is 5.75 Å². The van der Waals surface area contributed by atoms with Gasteiger partial charge in [0.25, 0.3) is 0 Å². The first-order valence-electron chi connectivity index (χ1n) is 8.92. The second-order valence-corrected chi connectivity index (χ2v) is 6.91. The number of morpholine rings is 1. The van der Waals surface area contributed by atoms with Gasteiger partial charge in [-0.05, 0) is 47.4 Å². The number of nitrogens with zero attached hydrogens (tertiary/aromatic N) is 1. The van der Waals surface area contributed by atoms with Crippen LogP contribution in [0.25, 0.3) is 10.8 Å². The molecule has 1 N–H and O–H groups in total. The first-order chi connectivity index (χ1) is 12.2. The number of benzene rings is 2. The predicted molar refractivity (Wildman–Crippen MR) is 96.8 cm³/mol. The van der Waals surface area contributed by atoms with Crippen molar-refractivity contribution in [3.05, 3.63) is 42.0 Å². The molecule has 0 bridgehead atoms. The smallest absolute Gasteiger partial charge is 0.234 e. The second kappa shape index (κ2) is 7.02.